The van der Waals surface area contributed by atoms with Crippen molar-refractivity contribution in [2.75, 3.05) is 6.61 Å². The minimum atomic E-state index is -0.278. The van der Waals surface area contributed by atoms with Crippen molar-refractivity contribution in [2.24, 2.45) is 13.0 Å². The highest BCUT2D eigenvalue weighted by Crippen LogP contribution is 2.33. The molecule has 1 aliphatic rings. The zero-order valence-corrected chi connectivity index (χ0v) is 13.4. The van der Waals surface area contributed by atoms with Gasteiger partial charge in [0.15, 0.2) is 0 Å². The van der Waals surface area contributed by atoms with Gasteiger partial charge in [-0.3, -0.25) is 4.79 Å². The molecule has 1 amide bonds. The summed E-state index contributed by atoms with van der Waals surface area (Å²) in [6, 6.07) is 3.96. The van der Waals surface area contributed by atoms with Crippen LogP contribution in [0.2, 0.25) is 0 Å². The van der Waals surface area contributed by atoms with E-state index in [-0.39, 0.29) is 17.9 Å². The molecule has 0 radical (unpaired) electrons. The van der Waals surface area contributed by atoms with E-state index in [1.807, 2.05) is 46.7 Å². The Kier molecular flexibility index (Phi) is 3.78. The lowest BCUT2D eigenvalue weighted by atomic mass is 9.99. The van der Waals surface area contributed by atoms with Crippen molar-refractivity contribution < 1.29 is 9.53 Å². The number of hydrogen-bond donors (Lipinski definition) is 1. The summed E-state index contributed by atoms with van der Waals surface area (Å²) in [6.07, 6.45) is 9.62. The lowest BCUT2D eigenvalue weighted by molar-refractivity contribution is -0.127. The minimum absolute atomic E-state index is 0.00344. The maximum Gasteiger partial charge on any atom is 0.226 e. The fraction of sp³-hybridized carbons (Fsp3) is 0.353. The average Bonchev–Trinajstić information content (AvgIpc) is 3.31. The summed E-state index contributed by atoms with van der Waals surface area (Å²) < 4.78 is 9.60. The Balaban J connectivity index is 1.44. The van der Waals surface area contributed by atoms with Gasteiger partial charge in [-0.25, -0.2) is 9.97 Å². The van der Waals surface area contributed by atoms with Gasteiger partial charge in [0.05, 0.1) is 5.92 Å². The van der Waals surface area contributed by atoms with Crippen molar-refractivity contribution >= 4 is 11.6 Å². The van der Waals surface area contributed by atoms with E-state index in [1.165, 1.54) is 0 Å². The van der Waals surface area contributed by atoms with Crippen LogP contribution in [-0.4, -0.2) is 31.4 Å². The van der Waals surface area contributed by atoms with E-state index in [2.05, 4.69) is 15.3 Å². The number of hydrogen-bond acceptors (Lipinski definition) is 4. The van der Waals surface area contributed by atoms with Crippen LogP contribution in [0.5, 0.6) is 0 Å². The second kappa shape index (κ2) is 6.09. The Bertz CT molecular complexity index is 869. The third-order valence-corrected chi connectivity index (χ3v) is 4.47. The number of aromatic nitrogens is 4. The van der Waals surface area contributed by atoms with E-state index in [0.717, 1.165) is 17.0 Å². The zero-order chi connectivity index (χ0) is 16.5. The average molecular weight is 325 g/mol. The maximum absolute atomic E-state index is 12.6. The number of rotatable bonds is 4. The molecule has 1 aliphatic heterocycles. The van der Waals surface area contributed by atoms with Crippen molar-refractivity contribution in [1.29, 1.82) is 0 Å². The molecule has 0 spiro atoms. The Morgan fingerprint density at radius 2 is 2.21 bits per heavy atom. The van der Waals surface area contributed by atoms with Crippen LogP contribution < -0.4 is 5.32 Å². The first-order chi connectivity index (χ1) is 11.7. The third-order valence-electron chi connectivity index (χ3n) is 4.47. The standard InChI is InChI=1S/C17H19N5O2/c1-21-7-4-19-16(21)15-13(3-9-24-15)17(23)20-11-12-2-6-22-8-5-18-14(22)10-12/h2,4-8,10,13,15H,3,9,11H2,1H3,(H,20,23)/t13-,15-/m1/s1. The number of pyridine rings is 1. The minimum Gasteiger partial charge on any atom is -0.369 e. The van der Waals surface area contributed by atoms with Crippen molar-refractivity contribution in [3.8, 4) is 0 Å². The summed E-state index contributed by atoms with van der Waals surface area (Å²) in [5, 5.41) is 3.02. The first kappa shape index (κ1) is 14.9. The van der Waals surface area contributed by atoms with Gasteiger partial charge < -0.3 is 19.0 Å². The van der Waals surface area contributed by atoms with E-state index in [0.29, 0.717) is 19.6 Å². The Morgan fingerprint density at radius 3 is 3.04 bits per heavy atom. The highest BCUT2D eigenvalue weighted by Gasteiger charge is 2.37. The fourth-order valence-corrected chi connectivity index (χ4v) is 3.15. The van der Waals surface area contributed by atoms with Crippen LogP contribution in [0.15, 0.2) is 43.1 Å². The van der Waals surface area contributed by atoms with Crippen LogP contribution in [0.1, 0.15) is 23.9 Å². The Morgan fingerprint density at radius 1 is 1.33 bits per heavy atom. The molecule has 1 N–H and O–H groups in total. The summed E-state index contributed by atoms with van der Waals surface area (Å²) in [7, 11) is 1.92. The zero-order valence-electron chi connectivity index (χ0n) is 13.4. The van der Waals surface area contributed by atoms with Gasteiger partial charge in [-0.1, -0.05) is 0 Å². The summed E-state index contributed by atoms with van der Waals surface area (Å²) in [4.78, 5) is 21.2. The number of nitrogens with one attached hydrogen (secondary N) is 1. The van der Waals surface area contributed by atoms with Crippen molar-refractivity contribution in [3.05, 3.63) is 54.5 Å². The van der Waals surface area contributed by atoms with Crippen molar-refractivity contribution in [2.45, 2.75) is 19.1 Å². The molecule has 1 fully saturated rings. The van der Waals surface area contributed by atoms with E-state index in [9.17, 15) is 4.79 Å². The molecule has 7 nitrogen and oxygen atoms in total. The molecule has 3 aromatic rings. The summed E-state index contributed by atoms with van der Waals surface area (Å²) in [5.74, 6) is 0.594. The topological polar surface area (TPSA) is 73.5 Å². The van der Waals surface area contributed by atoms with Gasteiger partial charge in [-0.2, -0.15) is 0 Å². The molecule has 2 atom stereocenters. The van der Waals surface area contributed by atoms with E-state index < -0.39 is 0 Å². The van der Waals surface area contributed by atoms with Crippen LogP contribution in [0.4, 0.5) is 0 Å². The van der Waals surface area contributed by atoms with E-state index >= 15 is 0 Å². The number of ether oxygens (including phenoxy) is 1. The Hall–Kier alpha value is -2.67. The van der Waals surface area contributed by atoms with E-state index in [1.54, 1.807) is 12.4 Å². The highest BCUT2D eigenvalue weighted by atomic mass is 16.5. The van der Waals surface area contributed by atoms with Gasteiger partial charge in [-0.05, 0) is 24.1 Å². The second-order valence-electron chi connectivity index (χ2n) is 6.03. The number of imidazole rings is 2. The molecule has 3 aromatic heterocycles. The van der Waals surface area contributed by atoms with Crippen LogP contribution in [0.25, 0.3) is 5.65 Å². The molecular weight excluding hydrogens is 306 g/mol. The van der Waals surface area contributed by atoms with Gasteiger partial charge >= 0.3 is 0 Å². The SMILES string of the molecule is Cn1ccnc1[C@@H]1OCC[C@H]1C(=O)NCc1ccn2ccnc2c1. The second-order valence-corrected chi connectivity index (χ2v) is 6.03. The Labute approximate surface area is 139 Å². The summed E-state index contributed by atoms with van der Waals surface area (Å²) >= 11 is 0. The molecule has 4 rings (SSSR count). The van der Waals surface area contributed by atoms with Gasteiger partial charge in [0.2, 0.25) is 5.91 Å². The number of fused-ring (bicyclic) bond motifs is 1. The predicted octanol–water partition coefficient (Wildman–Crippen LogP) is 1.46. The van der Waals surface area contributed by atoms with Gasteiger partial charge in [0.1, 0.15) is 17.6 Å². The molecule has 0 bridgehead atoms. The summed E-state index contributed by atoms with van der Waals surface area (Å²) in [6.45, 7) is 1.06. The maximum atomic E-state index is 12.6. The van der Waals surface area contributed by atoms with Crippen molar-refractivity contribution in [3.63, 3.8) is 0 Å². The summed E-state index contributed by atoms with van der Waals surface area (Å²) in [5.41, 5.74) is 1.89. The molecule has 0 aromatic carbocycles. The molecule has 7 heteroatoms. The first-order valence-electron chi connectivity index (χ1n) is 8.00. The third kappa shape index (κ3) is 2.67. The number of carbonyl (C=O) groups is 1. The van der Waals surface area contributed by atoms with Crippen LogP contribution in [0.3, 0.4) is 0 Å². The number of amides is 1. The van der Waals surface area contributed by atoms with Gasteiger partial charge in [-0.15, -0.1) is 0 Å². The highest BCUT2D eigenvalue weighted by molar-refractivity contribution is 5.79. The van der Waals surface area contributed by atoms with Crippen molar-refractivity contribution in [1.82, 2.24) is 24.3 Å². The number of aryl methyl sites for hydroxylation is 1. The lowest BCUT2D eigenvalue weighted by Gasteiger charge is -2.18. The molecule has 24 heavy (non-hydrogen) atoms. The van der Waals surface area contributed by atoms with Gasteiger partial charge in [0, 0.05) is 51.2 Å². The largest absolute Gasteiger partial charge is 0.369 e. The van der Waals surface area contributed by atoms with E-state index in [4.69, 9.17) is 4.74 Å². The molecule has 4 heterocycles. The molecule has 0 aliphatic carbocycles. The normalized spacial score (nSPS) is 20.5. The number of carbonyl (C=O) groups excluding carboxylic acids is 1. The van der Waals surface area contributed by atoms with Crippen LogP contribution in [-0.2, 0) is 23.1 Å². The molecule has 0 saturated carbocycles. The molecule has 0 unspecified atom stereocenters. The quantitative estimate of drug-likeness (QED) is 0.788. The molecular formula is C17H19N5O2. The lowest BCUT2D eigenvalue weighted by Crippen LogP contribution is -2.32. The first-order valence-corrected chi connectivity index (χ1v) is 8.00. The van der Waals surface area contributed by atoms with Crippen LogP contribution in [0, 0.1) is 5.92 Å². The number of nitrogens with zero attached hydrogens (tertiary/aromatic N) is 4. The predicted molar refractivity (Wildman–Crippen MR) is 87.0 cm³/mol. The molecule has 1 saturated heterocycles. The smallest absolute Gasteiger partial charge is 0.226 e. The van der Waals surface area contributed by atoms with Gasteiger partial charge in [0.25, 0.3) is 0 Å². The monoisotopic (exact) mass is 325 g/mol. The fourth-order valence-electron chi connectivity index (χ4n) is 3.15. The molecule has 124 valence electrons. The van der Waals surface area contributed by atoms with Crippen LogP contribution >= 0.6 is 0 Å².